The van der Waals surface area contributed by atoms with Gasteiger partial charge in [0.25, 0.3) is 0 Å². The highest BCUT2D eigenvalue weighted by Gasteiger charge is 1.70. The summed E-state index contributed by atoms with van der Waals surface area (Å²) in [6.45, 7) is 4.35. The van der Waals surface area contributed by atoms with Gasteiger partial charge in [0.05, 0.1) is 6.20 Å². The largest absolute Gasteiger partial charge is 0.270 e. The molecule has 0 heterocycles. The van der Waals surface area contributed by atoms with Crippen molar-refractivity contribution < 1.29 is 4.39 Å². The lowest BCUT2D eigenvalue weighted by Crippen LogP contribution is -1.52. The van der Waals surface area contributed by atoms with Crippen LogP contribution in [0.3, 0.4) is 0 Å². The zero-order chi connectivity index (χ0) is 4.99. The van der Waals surface area contributed by atoms with E-state index in [2.05, 4.69) is 11.7 Å². The topological polar surface area (TPSA) is 12.4 Å². The highest BCUT2D eigenvalue weighted by atomic mass is 19.1. The second-order valence-electron chi connectivity index (χ2n) is 0.898. The van der Waals surface area contributed by atoms with Crippen LogP contribution in [0.1, 0.15) is 6.92 Å². The molecular weight excluding hydrogens is 81.0 g/mol. The molecule has 0 aromatic heterocycles. The van der Waals surface area contributed by atoms with Gasteiger partial charge in [-0.1, -0.05) is 0 Å². The molecule has 0 rings (SSSR count). The fraction of sp³-hybridized carbons (Fsp3) is 0.250. The number of halogens is 1. The first kappa shape index (κ1) is 5.34. The van der Waals surface area contributed by atoms with Gasteiger partial charge in [-0.3, -0.25) is 4.99 Å². The maximum Gasteiger partial charge on any atom is 0.115 e. The normalized spacial score (nSPS) is 11.3. The molecular formula is C4H6FN. The average Bonchev–Trinajstić information content (AvgIpc) is 1.35. The predicted molar refractivity (Wildman–Crippen MR) is 24.4 cm³/mol. The molecule has 0 saturated carbocycles. The maximum absolute atomic E-state index is 11.4. The number of rotatable bonds is 1. The van der Waals surface area contributed by atoms with Crippen molar-refractivity contribution in [2.24, 2.45) is 4.99 Å². The maximum atomic E-state index is 11.4. The van der Waals surface area contributed by atoms with Crippen LogP contribution in [0.15, 0.2) is 17.0 Å². The molecule has 0 spiro atoms. The summed E-state index contributed by atoms with van der Waals surface area (Å²) in [5, 5.41) is 0. The molecule has 0 aliphatic rings. The zero-order valence-corrected chi connectivity index (χ0v) is 3.61. The van der Waals surface area contributed by atoms with Crippen LogP contribution in [-0.2, 0) is 0 Å². The number of aliphatic imine (C=N–C) groups is 1. The molecule has 34 valence electrons. The van der Waals surface area contributed by atoms with Gasteiger partial charge in [-0.05, 0) is 13.6 Å². The molecule has 0 bridgehead atoms. The Morgan fingerprint density at radius 1 is 2.00 bits per heavy atom. The molecule has 6 heavy (non-hydrogen) atoms. The van der Waals surface area contributed by atoms with Crippen molar-refractivity contribution in [3.05, 3.63) is 12.0 Å². The van der Waals surface area contributed by atoms with Gasteiger partial charge in [0.2, 0.25) is 0 Å². The van der Waals surface area contributed by atoms with Crippen molar-refractivity contribution in [1.82, 2.24) is 0 Å². The summed E-state index contributed by atoms with van der Waals surface area (Å²) >= 11 is 0. The van der Waals surface area contributed by atoms with Gasteiger partial charge >= 0.3 is 0 Å². The number of allylic oxidation sites excluding steroid dienone is 1. The van der Waals surface area contributed by atoms with E-state index in [-0.39, 0.29) is 5.83 Å². The van der Waals surface area contributed by atoms with Gasteiger partial charge in [0.1, 0.15) is 5.83 Å². The van der Waals surface area contributed by atoms with Gasteiger partial charge in [-0.25, -0.2) is 4.39 Å². The minimum absolute atomic E-state index is 0.315. The van der Waals surface area contributed by atoms with Crippen LogP contribution in [0.25, 0.3) is 0 Å². The molecule has 0 atom stereocenters. The fourth-order valence-corrected chi connectivity index (χ4v) is 0.126. The minimum atomic E-state index is -0.315. The SMILES string of the molecule is C=N/C=C(\C)F. The van der Waals surface area contributed by atoms with E-state index < -0.39 is 0 Å². The molecule has 0 aliphatic carbocycles. The first-order chi connectivity index (χ1) is 2.77. The highest BCUT2D eigenvalue weighted by Crippen LogP contribution is 1.89. The van der Waals surface area contributed by atoms with Crippen LogP contribution in [-0.4, -0.2) is 6.72 Å². The Kier molecular flexibility index (Phi) is 2.29. The van der Waals surface area contributed by atoms with Crippen molar-refractivity contribution in [3.63, 3.8) is 0 Å². The summed E-state index contributed by atoms with van der Waals surface area (Å²) in [5.41, 5.74) is 0. The summed E-state index contributed by atoms with van der Waals surface area (Å²) in [7, 11) is 0. The first-order valence-electron chi connectivity index (χ1n) is 1.55. The summed E-state index contributed by atoms with van der Waals surface area (Å²) in [6, 6.07) is 0. The Hall–Kier alpha value is -0.660. The van der Waals surface area contributed by atoms with Crippen LogP contribution in [0.5, 0.6) is 0 Å². The summed E-state index contributed by atoms with van der Waals surface area (Å²) in [6.07, 6.45) is 1.06. The third kappa shape index (κ3) is 3.34. The van der Waals surface area contributed by atoms with Crippen LogP contribution in [0.4, 0.5) is 4.39 Å². The van der Waals surface area contributed by atoms with Crippen molar-refractivity contribution in [1.29, 1.82) is 0 Å². The fourth-order valence-electron chi connectivity index (χ4n) is 0.126. The third-order valence-corrected chi connectivity index (χ3v) is 0.269. The van der Waals surface area contributed by atoms with Gasteiger partial charge in [0, 0.05) is 0 Å². The molecule has 0 aliphatic heterocycles. The second-order valence-corrected chi connectivity index (χ2v) is 0.898. The van der Waals surface area contributed by atoms with E-state index in [4.69, 9.17) is 0 Å². The van der Waals surface area contributed by atoms with Gasteiger partial charge in [-0.15, -0.1) is 0 Å². The minimum Gasteiger partial charge on any atom is -0.270 e. The van der Waals surface area contributed by atoms with Crippen molar-refractivity contribution in [3.8, 4) is 0 Å². The van der Waals surface area contributed by atoms with Crippen molar-refractivity contribution in [2.45, 2.75) is 6.92 Å². The molecule has 1 nitrogen and oxygen atoms in total. The summed E-state index contributed by atoms with van der Waals surface area (Å²) < 4.78 is 11.4. The highest BCUT2D eigenvalue weighted by molar-refractivity contribution is 5.25. The van der Waals surface area contributed by atoms with Crippen LogP contribution >= 0.6 is 0 Å². The smallest absolute Gasteiger partial charge is 0.115 e. The third-order valence-electron chi connectivity index (χ3n) is 0.269. The van der Waals surface area contributed by atoms with Gasteiger partial charge in [0.15, 0.2) is 0 Å². The zero-order valence-electron chi connectivity index (χ0n) is 3.61. The lowest BCUT2D eigenvalue weighted by atomic mass is 10.7. The molecule has 0 saturated heterocycles. The Morgan fingerprint density at radius 2 is 2.50 bits per heavy atom. The first-order valence-corrected chi connectivity index (χ1v) is 1.55. The summed E-state index contributed by atoms with van der Waals surface area (Å²) in [4.78, 5) is 3.15. The summed E-state index contributed by atoms with van der Waals surface area (Å²) in [5.74, 6) is -0.315. The van der Waals surface area contributed by atoms with Crippen molar-refractivity contribution in [2.75, 3.05) is 0 Å². The molecule has 2 heteroatoms. The number of hydrogen-bond donors (Lipinski definition) is 0. The van der Waals surface area contributed by atoms with E-state index >= 15 is 0 Å². The van der Waals surface area contributed by atoms with Crippen LogP contribution in [0, 0.1) is 0 Å². The monoisotopic (exact) mass is 87.0 g/mol. The molecule has 0 N–H and O–H groups in total. The molecule has 0 amide bonds. The number of hydrogen-bond acceptors (Lipinski definition) is 1. The van der Waals surface area contributed by atoms with E-state index in [1.54, 1.807) is 0 Å². The Balaban J connectivity index is 3.41. The molecule has 0 aromatic carbocycles. The molecule has 0 radical (unpaired) electrons. The Labute approximate surface area is 36.2 Å². The number of nitrogens with zero attached hydrogens (tertiary/aromatic N) is 1. The van der Waals surface area contributed by atoms with Crippen LogP contribution in [0.2, 0.25) is 0 Å². The second kappa shape index (κ2) is 2.57. The van der Waals surface area contributed by atoms with E-state index in [0.717, 1.165) is 6.20 Å². The van der Waals surface area contributed by atoms with E-state index in [1.807, 2.05) is 0 Å². The van der Waals surface area contributed by atoms with Crippen LogP contribution < -0.4 is 0 Å². The standard InChI is InChI=1S/C4H6FN/c1-4(5)3-6-2/h3H,2H2,1H3/b4-3+. The predicted octanol–water partition coefficient (Wildman–Crippen LogP) is 1.52. The van der Waals surface area contributed by atoms with Crippen molar-refractivity contribution >= 4 is 6.72 Å². The molecule has 0 aromatic rings. The van der Waals surface area contributed by atoms with Gasteiger partial charge in [-0.2, -0.15) is 0 Å². The van der Waals surface area contributed by atoms with E-state index in [0.29, 0.717) is 0 Å². The molecule has 0 unspecified atom stereocenters. The lowest BCUT2D eigenvalue weighted by molar-refractivity contribution is 0.637. The van der Waals surface area contributed by atoms with Gasteiger partial charge < -0.3 is 0 Å². The van der Waals surface area contributed by atoms with E-state index in [1.165, 1.54) is 6.92 Å². The Morgan fingerprint density at radius 3 is 2.50 bits per heavy atom. The Bertz CT molecular complexity index is 71.6. The average molecular weight is 87.1 g/mol. The quantitative estimate of drug-likeness (QED) is 0.430. The van der Waals surface area contributed by atoms with E-state index in [9.17, 15) is 4.39 Å². The molecule has 0 fully saturated rings. The lowest BCUT2D eigenvalue weighted by Gasteiger charge is -1.71.